The van der Waals surface area contributed by atoms with Crippen LogP contribution in [0.4, 0.5) is 4.39 Å². The quantitative estimate of drug-likeness (QED) is 0.817. The molecule has 0 aromatic heterocycles. The summed E-state index contributed by atoms with van der Waals surface area (Å²) < 4.78 is 19.1. The fraction of sp³-hybridized carbons (Fsp3) is 0.667. The number of benzene rings is 1. The van der Waals surface area contributed by atoms with Crippen LogP contribution in [0.2, 0.25) is 0 Å². The zero-order chi connectivity index (χ0) is 15.2. The summed E-state index contributed by atoms with van der Waals surface area (Å²) in [5, 5.41) is 3.53. The predicted octanol–water partition coefficient (Wildman–Crippen LogP) is 4.11. The molecule has 2 nitrogen and oxygen atoms in total. The van der Waals surface area contributed by atoms with E-state index in [-0.39, 0.29) is 5.82 Å². The predicted molar refractivity (Wildman–Crippen MR) is 85.0 cm³/mol. The van der Waals surface area contributed by atoms with Gasteiger partial charge in [0.05, 0.1) is 12.2 Å². The van der Waals surface area contributed by atoms with Crippen LogP contribution in [0.15, 0.2) is 24.3 Å². The van der Waals surface area contributed by atoms with E-state index in [1.54, 1.807) is 12.1 Å². The van der Waals surface area contributed by atoms with E-state index in [1.165, 1.54) is 5.56 Å². The van der Waals surface area contributed by atoms with E-state index in [0.29, 0.717) is 24.0 Å². The Balaban J connectivity index is 1.97. The van der Waals surface area contributed by atoms with Gasteiger partial charge < -0.3 is 10.1 Å². The largest absolute Gasteiger partial charge is 0.375 e. The van der Waals surface area contributed by atoms with Gasteiger partial charge in [0.2, 0.25) is 0 Å². The van der Waals surface area contributed by atoms with Crippen LogP contribution < -0.4 is 5.32 Å². The molecule has 21 heavy (non-hydrogen) atoms. The van der Waals surface area contributed by atoms with Gasteiger partial charge in [-0.25, -0.2) is 4.39 Å². The van der Waals surface area contributed by atoms with E-state index in [4.69, 9.17) is 4.74 Å². The number of ether oxygens (including phenoxy) is 1. The van der Waals surface area contributed by atoms with E-state index >= 15 is 0 Å². The Morgan fingerprint density at radius 3 is 2.48 bits per heavy atom. The number of rotatable bonds is 7. The van der Waals surface area contributed by atoms with E-state index < -0.39 is 0 Å². The summed E-state index contributed by atoms with van der Waals surface area (Å²) in [6.07, 6.45) is 4.04. The molecule has 0 amide bonds. The monoisotopic (exact) mass is 293 g/mol. The molecular formula is C18H28FNO. The standard InChI is InChI=1S/C18H28FNO/c1-13(2)11-20-12-16(10-18-9-4-14(3)21-18)15-5-7-17(19)8-6-15/h5-8,13-14,16,18,20H,4,9-12H2,1-3H3. The van der Waals surface area contributed by atoms with E-state index in [1.807, 2.05) is 12.1 Å². The summed E-state index contributed by atoms with van der Waals surface area (Å²) >= 11 is 0. The van der Waals surface area contributed by atoms with Crippen LogP contribution >= 0.6 is 0 Å². The highest BCUT2D eigenvalue weighted by molar-refractivity contribution is 5.21. The van der Waals surface area contributed by atoms with Gasteiger partial charge in [0, 0.05) is 6.54 Å². The van der Waals surface area contributed by atoms with Crippen LogP contribution in [0.3, 0.4) is 0 Å². The molecular weight excluding hydrogens is 265 g/mol. The van der Waals surface area contributed by atoms with Crippen LogP contribution in [0.25, 0.3) is 0 Å². The Morgan fingerprint density at radius 2 is 1.90 bits per heavy atom. The lowest BCUT2D eigenvalue weighted by Gasteiger charge is -2.22. The van der Waals surface area contributed by atoms with Gasteiger partial charge in [0.15, 0.2) is 0 Å². The van der Waals surface area contributed by atoms with Gasteiger partial charge in [-0.05, 0) is 62.3 Å². The van der Waals surface area contributed by atoms with Crippen molar-refractivity contribution in [2.24, 2.45) is 5.92 Å². The number of hydrogen-bond acceptors (Lipinski definition) is 2. The lowest BCUT2D eigenvalue weighted by atomic mass is 9.92. The molecule has 3 heteroatoms. The number of nitrogens with one attached hydrogen (secondary N) is 1. The van der Waals surface area contributed by atoms with Crippen LogP contribution in [-0.2, 0) is 4.74 Å². The highest BCUT2D eigenvalue weighted by Crippen LogP contribution is 2.29. The Morgan fingerprint density at radius 1 is 1.19 bits per heavy atom. The van der Waals surface area contributed by atoms with Crippen molar-refractivity contribution in [2.75, 3.05) is 13.1 Å². The summed E-state index contributed by atoms with van der Waals surface area (Å²) in [4.78, 5) is 0. The van der Waals surface area contributed by atoms with Crippen molar-refractivity contribution in [3.63, 3.8) is 0 Å². The first-order chi connectivity index (χ1) is 10.0. The zero-order valence-electron chi connectivity index (χ0n) is 13.4. The van der Waals surface area contributed by atoms with E-state index in [2.05, 4.69) is 26.1 Å². The maximum Gasteiger partial charge on any atom is 0.123 e. The summed E-state index contributed by atoms with van der Waals surface area (Å²) in [6.45, 7) is 8.50. The second kappa shape index (κ2) is 7.90. The normalized spacial score (nSPS) is 23.7. The second-order valence-corrected chi connectivity index (χ2v) is 6.68. The van der Waals surface area contributed by atoms with Gasteiger partial charge in [-0.3, -0.25) is 0 Å². The van der Waals surface area contributed by atoms with Gasteiger partial charge in [-0.1, -0.05) is 26.0 Å². The van der Waals surface area contributed by atoms with Crippen molar-refractivity contribution >= 4 is 0 Å². The minimum atomic E-state index is -0.168. The van der Waals surface area contributed by atoms with Crippen molar-refractivity contribution < 1.29 is 9.13 Å². The lowest BCUT2D eigenvalue weighted by molar-refractivity contribution is 0.0465. The molecule has 0 spiro atoms. The lowest BCUT2D eigenvalue weighted by Crippen LogP contribution is -2.27. The van der Waals surface area contributed by atoms with Crippen molar-refractivity contribution in [3.8, 4) is 0 Å². The minimum Gasteiger partial charge on any atom is -0.375 e. The molecule has 1 saturated heterocycles. The molecule has 3 unspecified atom stereocenters. The molecule has 0 aliphatic carbocycles. The van der Waals surface area contributed by atoms with Gasteiger partial charge in [-0.2, -0.15) is 0 Å². The molecule has 1 fully saturated rings. The van der Waals surface area contributed by atoms with Crippen molar-refractivity contribution in [1.82, 2.24) is 5.32 Å². The number of hydrogen-bond donors (Lipinski definition) is 1. The maximum atomic E-state index is 13.1. The summed E-state index contributed by atoms with van der Waals surface area (Å²) in [6, 6.07) is 6.94. The first-order valence-corrected chi connectivity index (χ1v) is 8.16. The molecule has 1 N–H and O–H groups in total. The number of halogens is 1. The topological polar surface area (TPSA) is 21.3 Å². The summed E-state index contributed by atoms with van der Waals surface area (Å²) in [5.74, 6) is 0.861. The summed E-state index contributed by atoms with van der Waals surface area (Å²) in [5.41, 5.74) is 1.20. The Kier molecular flexibility index (Phi) is 6.19. The molecule has 3 atom stereocenters. The van der Waals surface area contributed by atoms with Gasteiger partial charge in [-0.15, -0.1) is 0 Å². The molecule has 0 bridgehead atoms. The third-order valence-electron chi connectivity index (χ3n) is 4.15. The molecule has 0 radical (unpaired) electrons. The maximum absolute atomic E-state index is 13.1. The first kappa shape index (κ1) is 16.4. The zero-order valence-corrected chi connectivity index (χ0v) is 13.4. The van der Waals surface area contributed by atoms with Gasteiger partial charge >= 0.3 is 0 Å². The Bertz CT molecular complexity index is 418. The molecule has 1 aromatic rings. The van der Waals surface area contributed by atoms with Crippen LogP contribution in [0.5, 0.6) is 0 Å². The molecule has 1 aliphatic heterocycles. The molecule has 1 aliphatic rings. The van der Waals surface area contributed by atoms with E-state index in [9.17, 15) is 4.39 Å². The first-order valence-electron chi connectivity index (χ1n) is 8.16. The highest BCUT2D eigenvalue weighted by Gasteiger charge is 2.25. The van der Waals surface area contributed by atoms with Crippen molar-refractivity contribution in [3.05, 3.63) is 35.6 Å². The highest BCUT2D eigenvalue weighted by atomic mass is 19.1. The molecule has 1 aromatic carbocycles. The SMILES string of the molecule is CC(C)CNCC(CC1CCC(C)O1)c1ccc(F)cc1. The second-order valence-electron chi connectivity index (χ2n) is 6.68. The smallest absolute Gasteiger partial charge is 0.123 e. The van der Waals surface area contributed by atoms with Gasteiger partial charge in [0.1, 0.15) is 5.82 Å². The van der Waals surface area contributed by atoms with Gasteiger partial charge in [0.25, 0.3) is 0 Å². The molecule has 118 valence electrons. The molecule has 1 heterocycles. The van der Waals surface area contributed by atoms with Crippen LogP contribution in [0, 0.1) is 11.7 Å². The average molecular weight is 293 g/mol. The van der Waals surface area contributed by atoms with E-state index in [0.717, 1.165) is 32.4 Å². The van der Waals surface area contributed by atoms with Crippen LogP contribution in [0.1, 0.15) is 51.5 Å². The van der Waals surface area contributed by atoms with Crippen molar-refractivity contribution in [1.29, 1.82) is 0 Å². The molecule has 2 rings (SSSR count). The average Bonchev–Trinajstić information content (AvgIpc) is 2.84. The van der Waals surface area contributed by atoms with Crippen molar-refractivity contribution in [2.45, 2.75) is 58.2 Å². The fourth-order valence-corrected chi connectivity index (χ4v) is 2.99. The molecule has 0 saturated carbocycles. The fourth-order valence-electron chi connectivity index (χ4n) is 2.99. The third kappa shape index (κ3) is 5.40. The Hall–Kier alpha value is -0.930. The summed E-state index contributed by atoms with van der Waals surface area (Å²) in [7, 11) is 0. The third-order valence-corrected chi connectivity index (χ3v) is 4.15. The minimum absolute atomic E-state index is 0.168. The Labute approximate surface area is 128 Å². The van der Waals surface area contributed by atoms with Crippen LogP contribution in [-0.4, -0.2) is 25.3 Å².